The Morgan fingerprint density at radius 3 is 2.71 bits per heavy atom. The molecule has 1 heterocycles. The smallest absolute Gasteiger partial charge is 0.275 e. The maximum atomic E-state index is 12.8. The minimum atomic E-state index is -0.567. The Balaban J connectivity index is 2.14. The van der Waals surface area contributed by atoms with E-state index in [9.17, 15) is 9.18 Å². The van der Waals surface area contributed by atoms with Crippen LogP contribution in [-0.2, 0) is 6.42 Å². The van der Waals surface area contributed by atoms with Gasteiger partial charge in [-0.15, -0.1) is 0 Å². The molecule has 0 bridgehead atoms. The third-order valence-electron chi connectivity index (χ3n) is 3.13. The van der Waals surface area contributed by atoms with E-state index in [-0.39, 0.29) is 5.82 Å². The summed E-state index contributed by atoms with van der Waals surface area (Å²) in [5, 5.41) is 8.68. The number of benzene rings is 1. The van der Waals surface area contributed by atoms with Crippen LogP contribution in [0.3, 0.4) is 0 Å². The van der Waals surface area contributed by atoms with Crippen molar-refractivity contribution in [1.82, 2.24) is 10.5 Å². The highest BCUT2D eigenvalue weighted by atomic mass is 19.1. The zero-order valence-corrected chi connectivity index (χ0v) is 11.5. The fourth-order valence-corrected chi connectivity index (χ4v) is 1.95. The van der Waals surface area contributed by atoms with Crippen LogP contribution in [0, 0.1) is 12.7 Å². The van der Waals surface area contributed by atoms with E-state index in [1.54, 1.807) is 30.6 Å². The number of hydrogen-bond acceptors (Lipinski definition) is 3. The SMILES string of the molecule is Cc1c(C(=O)NO)ccnc1/C=C/Cc1ccc(F)cc1. The molecule has 1 amide bonds. The van der Waals surface area contributed by atoms with Crippen LogP contribution in [0.5, 0.6) is 0 Å². The second-order valence-electron chi connectivity index (χ2n) is 4.54. The molecule has 0 aliphatic heterocycles. The Morgan fingerprint density at radius 1 is 1.33 bits per heavy atom. The number of halogens is 1. The summed E-state index contributed by atoms with van der Waals surface area (Å²) in [5.41, 5.74) is 4.29. The second kappa shape index (κ2) is 6.76. The third kappa shape index (κ3) is 3.73. The fourth-order valence-electron chi connectivity index (χ4n) is 1.95. The largest absolute Gasteiger partial charge is 0.288 e. The van der Waals surface area contributed by atoms with Gasteiger partial charge in [-0.3, -0.25) is 15.0 Å². The van der Waals surface area contributed by atoms with E-state index in [4.69, 9.17) is 5.21 Å². The Morgan fingerprint density at radius 2 is 2.05 bits per heavy atom. The van der Waals surface area contributed by atoms with Gasteiger partial charge >= 0.3 is 0 Å². The number of amides is 1. The lowest BCUT2D eigenvalue weighted by atomic mass is 10.1. The quantitative estimate of drug-likeness (QED) is 0.671. The van der Waals surface area contributed by atoms with Crippen LogP contribution in [0.15, 0.2) is 42.6 Å². The molecule has 0 aliphatic rings. The van der Waals surface area contributed by atoms with Crippen molar-refractivity contribution in [3.63, 3.8) is 0 Å². The van der Waals surface area contributed by atoms with Gasteiger partial charge in [-0.25, -0.2) is 9.87 Å². The lowest BCUT2D eigenvalue weighted by Gasteiger charge is -2.05. The maximum Gasteiger partial charge on any atom is 0.275 e. The van der Waals surface area contributed by atoms with Crippen molar-refractivity contribution in [3.8, 4) is 0 Å². The van der Waals surface area contributed by atoms with Gasteiger partial charge in [0.25, 0.3) is 5.91 Å². The van der Waals surface area contributed by atoms with Crippen LogP contribution in [0.1, 0.15) is 27.2 Å². The van der Waals surface area contributed by atoms with Gasteiger partial charge in [-0.1, -0.05) is 18.2 Å². The third-order valence-corrected chi connectivity index (χ3v) is 3.13. The first kappa shape index (κ1) is 14.9. The van der Waals surface area contributed by atoms with Gasteiger partial charge in [0.2, 0.25) is 0 Å². The van der Waals surface area contributed by atoms with Gasteiger partial charge in [0, 0.05) is 11.8 Å². The number of hydroxylamine groups is 1. The van der Waals surface area contributed by atoms with Gasteiger partial charge in [-0.2, -0.15) is 0 Å². The predicted molar refractivity (Wildman–Crippen MR) is 77.4 cm³/mol. The predicted octanol–water partition coefficient (Wildman–Crippen LogP) is 2.90. The maximum absolute atomic E-state index is 12.8. The molecular formula is C16H15FN2O2. The van der Waals surface area contributed by atoms with Crippen LogP contribution in [-0.4, -0.2) is 16.1 Å². The molecular weight excluding hydrogens is 271 g/mol. The molecule has 0 fully saturated rings. The number of carbonyl (C=O) groups is 1. The number of nitrogens with one attached hydrogen (secondary N) is 1. The molecule has 21 heavy (non-hydrogen) atoms. The standard InChI is InChI=1S/C16H15FN2O2/c1-11-14(16(20)19-21)9-10-18-15(11)4-2-3-12-5-7-13(17)8-6-12/h2,4-10,21H,3H2,1H3,(H,19,20)/b4-2+. The average molecular weight is 286 g/mol. The fraction of sp³-hybridized carbons (Fsp3) is 0.125. The number of hydrogen-bond donors (Lipinski definition) is 2. The second-order valence-corrected chi connectivity index (χ2v) is 4.54. The molecule has 0 unspecified atom stereocenters. The number of nitrogens with zero attached hydrogens (tertiary/aromatic N) is 1. The van der Waals surface area contributed by atoms with Crippen LogP contribution >= 0.6 is 0 Å². The summed E-state index contributed by atoms with van der Waals surface area (Å²) in [4.78, 5) is 15.7. The molecule has 0 radical (unpaired) electrons. The lowest BCUT2D eigenvalue weighted by Crippen LogP contribution is -2.20. The molecule has 2 aromatic rings. The van der Waals surface area contributed by atoms with Crippen molar-refractivity contribution < 1.29 is 14.4 Å². The van der Waals surface area contributed by atoms with Crippen molar-refractivity contribution >= 4 is 12.0 Å². The summed E-state index contributed by atoms with van der Waals surface area (Å²) >= 11 is 0. The van der Waals surface area contributed by atoms with Crippen molar-refractivity contribution in [3.05, 3.63) is 70.8 Å². The topological polar surface area (TPSA) is 62.2 Å². The van der Waals surface area contributed by atoms with E-state index >= 15 is 0 Å². The van der Waals surface area contributed by atoms with Crippen molar-refractivity contribution in [2.24, 2.45) is 0 Å². The molecule has 108 valence electrons. The zero-order valence-electron chi connectivity index (χ0n) is 11.5. The first-order valence-electron chi connectivity index (χ1n) is 6.43. The molecule has 5 heteroatoms. The van der Waals surface area contributed by atoms with E-state index in [0.29, 0.717) is 23.2 Å². The van der Waals surface area contributed by atoms with Crippen molar-refractivity contribution in [1.29, 1.82) is 0 Å². The first-order valence-corrected chi connectivity index (χ1v) is 6.43. The number of allylic oxidation sites excluding steroid dienone is 1. The molecule has 0 spiro atoms. The van der Waals surface area contributed by atoms with Gasteiger partial charge in [0.1, 0.15) is 5.82 Å². The normalized spacial score (nSPS) is 10.8. The highest BCUT2D eigenvalue weighted by Crippen LogP contribution is 2.13. The van der Waals surface area contributed by atoms with Crippen molar-refractivity contribution in [2.45, 2.75) is 13.3 Å². The van der Waals surface area contributed by atoms with E-state index in [1.165, 1.54) is 24.4 Å². The summed E-state index contributed by atoms with van der Waals surface area (Å²) in [7, 11) is 0. The van der Waals surface area contributed by atoms with Crippen LogP contribution in [0.2, 0.25) is 0 Å². The average Bonchev–Trinajstić information content (AvgIpc) is 2.50. The Bertz CT molecular complexity index is 666. The molecule has 2 N–H and O–H groups in total. The first-order chi connectivity index (χ1) is 10.1. The summed E-state index contributed by atoms with van der Waals surface area (Å²) in [6.45, 7) is 1.76. The highest BCUT2D eigenvalue weighted by Gasteiger charge is 2.10. The molecule has 1 aromatic heterocycles. The van der Waals surface area contributed by atoms with Crippen LogP contribution in [0.4, 0.5) is 4.39 Å². The minimum absolute atomic E-state index is 0.261. The number of rotatable bonds is 4. The van der Waals surface area contributed by atoms with E-state index in [0.717, 1.165) is 5.56 Å². The molecule has 2 rings (SSSR count). The Labute approximate surface area is 121 Å². The summed E-state index contributed by atoms with van der Waals surface area (Å²) in [6.07, 6.45) is 5.84. The highest BCUT2D eigenvalue weighted by molar-refractivity contribution is 5.95. The number of pyridine rings is 1. The van der Waals surface area contributed by atoms with Crippen molar-refractivity contribution in [2.75, 3.05) is 0 Å². The van der Waals surface area contributed by atoms with Gasteiger partial charge < -0.3 is 0 Å². The van der Waals surface area contributed by atoms with Crippen LogP contribution < -0.4 is 5.48 Å². The zero-order chi connectivity index (χ0) is 15.2. The summed E-state index contributed by atoms with van der Waals surface area (Å²) in [6, 6.07) is 7.81. The molecule has 0 aliphatic carbocycles. The minimum Gasteiger partial charge on any atom is -0.288 e. The lowest BCUT2D eigenvalue weighted by molar-refractivity contribution is 0.0705. The monoisotopic (exact) mass is 286 g/mol. The Hall–Kier alpha value is -2.53. The van der Waals surface area contributed by atoms with Crippen LogP contribution in [0.25, 0.3) is 6.08 Å². The van der Waals surface area contributed by atoms with E-state index < -0.39 is 5.91 Å². The molecule has 0 atom stereocenters. The van der Waals surface area contributed by atoms with Gasteiger partial charge in [-0.05, 0) is 48.7 Å². The summed E-state index contributed by atoms with van der Waals surface area (Å²) in [5.74, 6) is -0.828. The molecule has 1 aromatic carbocycles. The Kier molecular flexibility index (Phi) is 4.79. The van der Waals surface area contributed by atoms with E-state index in [2.05, 4.69) is 4.98 Å². The summed E-state index contributed by atoms with van der Waals surface area (Å²) < 4.78 is 12.8. The molecule has 0 saturated heterocycles. The molecule has 4 nitrogen and oxygen atoms in total. The van der Waals surface area contributed by atoms with E-state index in [1.807, 2.05) is 6.08 Å². The van der Waals surface area contributed by atoms with Gasteiger partial charge in [0.15, 0.2) is 0 Å². The molecule has 0 saturated carbocycles. The van der Waals surface area contributed by atoms with Gasteiger partial charge in [0.05, 0.1) is 5.69 Å². The number of aromatic nitrogens is 1. The number of carbonyl (C=O) groups excluding carboxylic acids is 1.